The standard InChI is InChI=1S/C30H38N2O4S/c1-7-25(22-13-15-23(16-14-22)36-30(5,6)29(34)35-8-2)31-18-17-21-11-9-10-12-24(21)27(33)28-32-26(19-37-28)20(3)4/h9-16,19-20,25,31H,7-8,17-18H2,1-6H3. The fourth-order valence-corrected chi connectivity index (χ4v) is 4.95. The molecule has 0 saturated carbocycles. The number of thiazole rings is 1. The molecule has 3 aromatic rings. The van der Waals surface area contributed by atoms with Crippen LogP contribution in [0.1, 0.15) is 92.1 Å². The van der Waals surface area contributed by atoms with Gasteiger partial charge in [-0.25, -0.2) is 9.78 Å². The van der Waals surface area contributed by atoms with Crippen LogP contribution in [-0.4, -0.2) is 35.5 Å². The Morgan fingerprint density at radius 1 is 1.05 bits per heavy atom. The molecule has 1 unspecified atom stereocenters. The number of hydrogen-bond donors (Lipinski definition) is 1. The van der Waals surface area contributed by atoms with Gasteiger partial charge in [0.15, 0.2) is 10.6 Å². The molecule has 1 atom stereocenters. The van der Waals surface area contributed by atoms with Crippen LogP contribution in [0, 0.1) is 0 Å². The van der Waals surface area contributed by atoms with Gasteiger partial charge in [0.25, 0.3) is 0 Å². The molecule has 1 N–H and O–H groups in total. The van der Waals surface area contributed by atoms with Gasteiger partial charge in [0.05, 0.1) is 12.3 Å². The molecule has 1 aromatic heterocycles. The molecule has 6 nitrogen and oxygen atoms in total. The number of hydrogen-bond acceptors (Lipinski definition) is 7. The van der Waals surface area contributed by atoms with E-state index >= 15 is 0 Å². The van der Waals surface area contributed by atoms with Crippen molar-refractivity contribution >= 4 is 23.1 Å². The quantitative estimate of drug-likeness (QED) is 0.204. The summed E-state index contributed by atoms with van der Waals surface area (Å²) < 4.78 is 11.0. The molecule has 0 bridgehead atoms. The highest BCUT2D eigenvalue weighted by Gasteiger charge is 2.31. The summed E-state index contributed by atoms with van der Waals surface area (Å²) in [5.74, 6) is 0.516. The third-order valence-corrected chi connectivity index (χ3v) is 7.04. The van der Waals surface area contributed by atoms with E-state index in [4.69, 9.17) is 9.47 Å². The van der Waals surface area contributed by atoms with E-state index in [-0.39, 0.29) is 17.8 Å². The number of aromatic nitrogens is 1. The summed E-state index contributed by atoms with van der Waals surface area (Å²) in [7, 11) is 0. The SMILES string of the molecule is CCOC(=O)C(C)(C)Oc1ccc(C(CC)NCCc2ccccc2C(=O)c2nc(C(C)C)cs2)cc1. The lowest BCUT2D eigenvalue weighted by molar-refractivity contribution is -0.158. The molecule has 0 aliphatic heterocycles. The summed E-state index contributed by atoms with van der Waals surface area (Å²) in [6, 6.07) is 15.7. The van der Waals surface area contributed by atoms with E-state index in [1.54, 1.807) is 20.8 Å². The minimum absolute atomic E-state index is 0.0131. The Labute approximate surface area is 224 Å². The molecule has 2 aromatic carbocycles. The highest BCUT2D eigenvalue weighted by atomic mass is 32.1. The van der Waals surface area contributed by atoms with Gasteiger partial charge in [-0.05, 0) is 69.3 Å². The number of ketones is 1. The number of ether oxygens (including phenoxy) is 2. The molecule has 198 valence electrons. The van der Waals surface area contributed by atoms with E-state index in [1.807, 2.05) is 53.9 Å². The molecule has 0 radical (unpaired) electrons. The van der Waals surface area contributed by atoms with E-state index < -0.39 is 5.60 Å². The Balaban J connectivity index is 1.62. The van der Waals surface area contributed by atoms with Crippen LogP contribution in [0.15, 0.2) is 53.9 Å². The molecule has 0 aliphatic carbocycles. The van der Waals surface area contributed by atoms with Crippen LogP contribution in [0.2, 0.25) is 0 Å². The molecule has 1 heterocycles. The van der Waals surface area contributed by atoms with Crippen LogP contribution < -0.4 is 10.1 Å². The first kappa shape index (κ1) is 28.5. The second-order valence-electron chi connectivity index (χ2n) is 9.79. The smallest absolute Gasteiger partial charge is 0.349 e. The van der Waals surface area contributed by atoms with Crippen LogP contribution in [0.4, 0.5) is 0 Å². The molecular weight excluding hydrogens is 484 g/mol. The minimum atomic E-state index is -1.06. The third kappa shape index (κ3) is 7.49. The lowest BCUT2D eigenvalue weighted by Crippen LogP contribution is -2.39. The fraction of sp³-hybridized carbons (Fsp3) is 0.433. The number of carbonyl (C=O) groups excluding carboxylic acids is 2. The predicted molar refractivity (Wildman–Crippen MR) is 149 cm³/mol. The number of benzene rings is 2. The Kier molecular flexibility index (Phi) is 10.0. The summed E-state index contributed by atoms with van der Waals surface area (Å²) in [5, 5.41) is 6.14. The number of esters is 1. The number of nitrogens with one attached hydrogen (secondary N) is 1. The summed E-state index contributed by atoms with van der Waals surface area (Å²) >= 11 is 1.42. The molecule has 0 spiro atoms. The molecular formula is C30H38N2O4S. The maximum Gasteiger partial charge on any atom is 0.349 e. The van der Waals surface area contributed by atoms with Gasteiger partial charge in [0.2, 0.25) is 5.78 Å². The van der Waals surface area contributed by atoms with Crippen molar-refractivity contribution in [2.24, 2.45) is 0 Å². The maximum absolute atomic E-state index is 13.2. The fourth-order valence-electron chi connectivity index (χ4n) is 4.02. The number of carbonyl (C=O) groups is 2. The minimum Gasteiger partial charge on any atom is -0.476 e. The van der Waals surface area contributed by atoms with Gasteiger partial charge in [-0.2, -0.15) is 0 Å². The molecule has 3 rings (SSSR count). The second-order valence-corrected chi connectivity index (χ2v) is 10.6. The Morgan fingerprint density at radius 3 is 2.38 bits per heavy atom. The van der Waals surface area contributed by atoms with Gasteiger partial charge in [-0.3, -0.25) is 4.79 Å². The first-order valence-corrected chi connectivity index (χ1v) is 13.8. The van der Waals surface area contributed by atoms with Gasteiger partial charge in [-0.15, -0.1) is 11.3 Å². The van der Waals surface area contributed by atoms with Crippen LogP contribution in [0.25, 0.3) is 0 Å². The largest absolute Gasteiger partial charge is 0.476 e. The average Bonchev–Trinajstić information content (AvgIpc) is 3.38. The van der Waals surface area contributed by atoms with Crippen LogP contribution in [-0.2, 0) is 16.0 Å². The first-order valence-electron chi connectivity index (χ1n) is 12.9. The Morgan fingerprint density at radius 2 is 1.76 bits per heavy atom. The molecule has 37 heavy (non-hydrogen) atoms. The number of rotatable bonds is 13. The highest BCUT2D eigenvalue weighted by Crippen LogP contribution is 2.25. The van der Waals surface area contributed by atoms with Crippen LogP contribution >= 0.6 is 11.3 Å². The van der Waals surface area contributed by atoms with Gasteiger partial charge in [-0.1, -0.05) is 57.2 Å². The Hall–Kier alpha value is -3.03. The van der Waals surface area contributed by atoms with E-state index in [0.29, 0.717) is 28.8 Å². The zero-order chi connectivity index (χ0) is 27.0. The zero-order valence-electron chi connectivity index (χ0n) is 22.7. The van der Waals surface area contributed by atoms with E-state index in [2.05, 4.69) is 31.1 Å². The molecule has 0 aliphatic rings. The maximum atomic E-state index is 13.2. The van der Waals surface area contributed by atoms with Gasteiger partial charge in [0.1, 0.15) is 5.75 Å². The summed E-state index contributed by atoms with van der Waals surface area (Å²) in [4.78, 5) is 29.8. The van der Waals surface area contributed by atoms with Crippen molar-refractivity contribution in [3.63, 3.8) is 0 Å². The monoisotopic (exact) mass is 522 g/mol. The van der Waals surface area contributed by atoms with Crippen LogP contribution in [0.3, 0.4) is 0 Å². The van der Waals surface area contributed by atoms with Crippen molar-refractivity contribution in [2.75, 3.05) is 13.2 Å². The van der Waals surface area contributed by atoms with Crippen molar-refractivity contribution in [2.45, 2.75) is 71.9 Å². The predicted octanol–water partition coefficient (Wildman–Crippen LogP) is 6.50. The first-order chi connectivity index (χ1) is 17.7. The van der Waals surface area contributed by atoms with Crippen molar-refractivity contribution in [1.29, 1.82) is 0 Å². The van der Waals surface area contributed by atoms with Crippen LogP contribution in [0.5, 0.6) is 5.75 Å². The van der Waals surface area contributed by atoms with Crippen molar-refractivity contribution < 1.29 is 19.1 Å². The molecule has 7 heteroatoms. The van der Waals surface area contributed by atoms with Gasteiger partial charge >= 0.3 is 5.97 Å². The zero-order valence-corrected chi connectivity index (χ0v) is 23.5. The third-order valence-electron chi connectivity index (χ3n) is 6.19. The van der Waals surface area contributed by atoms with Gasteiger partial charge in [0, 0.05) is 17.0 Å². The van der Waals surface area contributed by atoms with E-state index in [1.165, 1.54) is 11.3 Å². The van der Waals surface area contributed by atoms with E-state index in [0.717, 1.165) is 36.2 Å². The lowest BCUT2D eigenvalue weighted by Gasteiger charge is -2.24. The van der Waals surface area contributed by atoms with Crippen molar-refractivity contribution in [1.82, 2.24) is 10.3 Å². The summed E-state index contributed by atoms with van der Waals surface area (Å²) in [6.07, 6.45) is 1.64. The lowest BCUT2D eigenvalue weighted by atomic mass is 10.00. The molecule has 0 amide bonds. The molecule has 0 saturated heterocycles. The Bertz CT molecular complexity index is 1180. The van der Waals surface area contributed by atoms with Crippen molar-refractivity contribution in [3.05, 3.63) is 81.3 Å². The van der Waals surface area contributed by atoms with Crippen molar-refractivity contribution in [3.8, 4) is 5.75 Å². The summed E-state index contributed by atoms with van der Waals surface area (Å²) in [6.45, 7) is 12.5. The summed E-state index contributed by atoms with van der Waals surface area (Å²) in [5.41, 5.74) is 2.77. The van der Waals surface area contributed by atoms with Gasteiger partial charge < -0.3 is 14.8 Å². The topological polar surface area (TPSA) is 77.5 Å². The number of nitrogens with zero attached hydrogens (tertiary/aromatic N) is 1. The normalized spacial score (nSPS) is 12.4. The second kappa shape index (κ2) is 13.0. The molecule has 0 fully saturated rings. The van der Waals surface area contributed by atoms with E-state index in [9.17, 15) is 9.59 Å². The average molecular weight is 523 g/mol. The highest BCUT2D eigenvalue weighted by molar-refractivity contribution is 7.12.